The summed E-state index contributed by atoms with van der Waals surface area (Å²) in [7, 11) is 0. The van der Waals surface area contributed by atoms with E-state index in [2.05, 4.69) is 25.2 Å². The SMILES string of the molecule is Nc1c(Nc2cccnc2Cl)ncnc1N1CCCC1. The van der Waals surface area contributed by atoms with E-state index in [1.165, 1.54) is 19.2 Å². The summed E-state index contributed by atoms with van der Waals surface area (Å²) >= 11 is 6.03. The standard InChI is InChI=1S/C13H15ClN6/c14-11-9(4-3-5-16-11)19-12-10(15)13(18-8-17-12)20-6-1-2-7-20/h3-5,8H,1-2,6-7,15H2,(H,17,18,19). The molecule has 1 aliphatic rings. The molecule has 104 valence electrons. The molecule has 0 aliphatic carbocycles. The molecule has 3 rings (SSSR count). The van der Waals surface area contributed by atoms with Gasteiger partial charge in [-0.15, -0.1) is 0 Å². The summed E-state index contributed by atoms with van der Waals surface area (Å²) in [5, 5.41) is 3.49. The van der Waals surface area contributed by atoms with E-state index in [1.807, 2.05) is 6.07 Å². The molecule has 0 spiro atoms. The van der Waals surface area contributed by atoms with Gasteiger partial charge in [-0.2, -0.15) is 0 Å². The molecule has 0 saturated carbocycles. The molecular formula is C13H15ClN6. The number of hydrogen-bond donors (Lipinski definition) is 2. The minimum Gasteiger partial charge on any atom is -0.393 e. The molecule has 2 aromatic heterocycles. The molecule has 7 heteroatoms. The molecule has 0 aromatic carbocycles. The van der Waals surface area contributed by atoms with Crippen molar-refractivity contribution >= 4 is 34.6 Å². The van der Waals surface area contributed by atoms with Gasteiger partial charge in [0.1, 0.15) is 12.0 Å². The summed E-state index contributed by atoms with van der Waals surface area (Å²) in [6.45, 7) is 1.96. The minimum atomic E-state index is 0.383. The summed E-state index contributed by atoms with van der Waals surface area (Å²) in [4.78, 5) is 14.7. The van der Waals surface area contributed by atoms with Gasteiger partial charge in [-0.3, -0.25) is 0 Å². The highest BCUT2D eigenvalue weighted by Gasteiger charge is 2.18. The zero-order valence-electron chi connectivity index (χ0n) is 10.9. The van der Waals surface area contributed by atoms with Gasteiger partial charge >= 0.3 is 0 Å². The predicted octanol–water partition coefficient (Wildman–Crippen LogP) is 2.45. The number of rotatable bonds is 3. The average molecular weight is 291 g/mol. The van der Waals surface area contributed by atoms with Gasteiger partial charge in [-0.05, 0) is 25.0 Å². The van der Waals surface area contributed by atoms with E-state index >= 15 is 0 Å². The summed E-state index contributed by atoms with van der Waals surface area (Å²) in [5.74, 6) is 1.33. The van der Waals surface area contributed by atoms with Crippen molar-refractivity contribution in [3.63, 3.8) is 0 Å². The van der Waals surface area contributed by atoms with E-state index in [9.17, 15) is 0 Å². The molecule has 6 nitrogen and oxygen atoms in total. The highest BCUT2D eigenvalue weighted by molar-refractivity contribution is 6.32. The Labute approximate surface area is 122 Å². The fourth-order valence-electron chi connectivity index (χ4n) is 2.27. The number of nitrogens with two attached hydrogens (primary N) is 1. The fraction of sp³-hybridized carbons (Fsp3) is 0.308. The van der Waals surface area contributed by atoms with E-state index in [1.54, 1.807) is 12.3 Å². The van der Waals surface area contributed by atoms with Gasteiger partial charge in [0.2, 0.25) is 0 Å². The second kappa shape index (κ2) is 5.50. The van der Waals surface area contributed by atoms with Crippen LogP contribution in [-0.4, -0.2) is 28.0 Å². The van der Waals surface area contributed by atoms with Crippen molar-refractivity contribution in [2.75, 3.05) is 29.0 Å². The number of pyridine rings is 1. The third-order valence-electron chi connectivity index (χ3n) is 3.28. The lowest BCUT2D eigenvalue weighted by molar-refractivity contribution is 0.931. The van der Waals surface area contributed by atoms with Crippen LogP contribution in [0, 0.1) is 0 Å². The number of anilines is 4. The first-order valence-corrected chi connectivity index (χ1v) is 6.86. The molecule has 0 atom stereocenters. The molecule has 1 aliphatic heterocycles. The molecule has 0 radical (unpaired) electrons. The Bertz CT molecular complexity index is 612. The highest BCUT2D eigenvalue weighted by Crippen LogP contribution is 2.31. The lowest BCUT2D eigenvalue weighted by atomic mass is 10.3. The monoisotopic (exact) mass is 290 g/mol. The quantitative estimate of drug-likeness (QED) is 0.845. The van der Waals surface area contributed by atoms with Crippen LogP contribution in [0.15, 0.2) is 24.7 Å². The molecule has 2 aromatic rings. The van der Waals surface area contributed by atoms with Crippen LogP contribution in [0.3, 0.4) is 0 Å². The third kappa shape index (κ3) is 2.46. The molecule has 0 bridgehead atoms. The van der Waals surface area contributed by atoms with Gasteiger partial charge in [-0.1, -0.05) is 11.6 Å². The van der Waals surface area contributed by atoms with E-state index < -0.39 is 0 Å². The zero-order valence-corrected chi connectivity index (χ0v) is 11.6. The first-order valence-electron chi connectivity index (χ1n) is 6.48. The Morgan fingerprint density at radius 2 is 2.00 bits per heavy atom. The maximum atomic E-state index is 6.17. The van der Waals surface area contributed by atoms with Crippen LogP contribution >= 0.6 is 11.6 Å². The number of halogens is 1. The van der Waals surface area contributed by atoms with Gasteiger partial charge in [-0.25, -0.2) is 15.0 Å². The summed E-state index contributed by atoms with van der Waals surface area (Å²) in [5.41, 5.74) is 7.38. The van der Waals surface area contributed by atoms with Crippen LogP contribution in [0.5, 0.6) is 0 Å². The predicted molar refractivity (Wildman–Crippen MR) is 80.4 cm³/mol. The molecule has 3 N–H and O–H groups in total. The molecule has 3 heterocycles. The zero-order chi connectivity index (χ0) is 13.9. The maximum Gasteiger partial charge on any atom is 0.159 e. The smallest absolute Gasteiger partial charge is 0.159 e. The molecule has 0 amide bonds. The number of nitrogens with one attached hydrogen (secondary N) is 1. The van der Waals surface area contributed by atoms with Crippen molar-refractivity contribution in [3.05, 3.63) is 29.8 Å². The number of aromatic nitrogens is 3. The third-order valence-corrected chi connectivity index (χ3v) is 3.58. The van der Waals surface area contributed by atoms with Gasteiger partial charge in [0, 0.05) is 19.3 Å². The van der Waals surface area contributed by atoms with E-state index in [0.717, 1.165) is 18.9 Å². The van der Waals surface area contributed by atoms with Crippen LogP contribution in [0.25, 0.3) is 0 Å². The van der Waals surface area contributed by atoms with Crippen molar-refractivity contribution in [1.82, 2.24) is 15.0 Å². The summed E-state index contributed by atoms with van der Waals surface area (Å²) < 4.78 is 0. The second-order valence-corrected chi connectivity index (χ2v) is 4.98. The Kier molecular flexibility index (Phi) is 3.56. The fourth-order valence-corrected chi connectivity index (χ4v) is 2.44. The van der Waals surface area contributed by atoms with Crippen LogP contribution in [0.1, 0.15) is 12.8 Å². The van der Waals surface area contributed by atoms with E-state index in [4.69, 9.17) is 17.3 Å². The van der Waals surface area contributed by atoms with Crippen molar-refractivity contribution in [2.45, 2.75) is 12.8 Å². The Morgan fingerprint density at radius 1 is 1.20 bits per heavy atom. The van der Waals surface area contributed by atoms with Crippen LogP contribution in [0.2, 0.25) is 5.15 Å². The lowest BCUT2D eigenvalue weighted by Gasteiger charge is -2.19. The van der Waals surface area contributed by atoms with Crippen molar-refractivity contribution in [3.8, 4) is 0 Å². The van der Waals surface area contributed by atoms with Crippen LogP contribution < -0.4 is 16.0 Å². The first kappa shape index (κ1) is 12.9. The second-order valence-electron chi connectivity index (χ2n) is 4.62. The highest BCUT2D eigenvalue weighted by atomic mass is 35.5. The number of nitrogen functional groups attached to an aromatic ring is 1. The Morgan fingerprint density at radius 3 is 2.75 bits per heavy atom. The van der Waals surface area contributed by atoms with Gasteiger partial charge in [0.05, 0.1) is 5.69 Å². The molecule has 1 fully saturated rings. The molecule has 1 saturated heterocycles. The first-order chi connectivity index (χ1) is 9.75. The molecular weight excluding hydrogens is 276 g/mol. The van der Waals surface area contributed by atoms with Gasteiger partial charge in [0.25, 0.3) is 0 Å². The minimum absolute atomic E-state index is 0.383. The van der Waals surface area contributed by atoms with Crippen LogP contribution in [-0.2, 0) is 0 Å². The molecule has 0 unspecified atom stereocenters. The van der Waals surface area contributed by atoms with E-state index in [0.29, 0.717) is 22.3 Å². The number of hydrogen-bond acceptors (Lipinski definition) is 6. The number of nitrogens with zero attached hydrogens (tertiary/aromatic N) is 4. The van der Waals surface area contributed by atoms with Gasteiger partial charge < -0.3 is 16.0 Å². The van der Waals surface area contributed by atoms with E-state index in [-0.39, 0.29) is 0 Å². The molecule has 20 heavy (non-hydrogen) atoms. The topological polar surface area (TPSA) is 80.0 Å². The van der Waals surface area contributed by atoms with Crippen molar-refractivity contribution < 1.29 is 0 Å². The normalized spacial score (nSPS) is 14.6. The van der Waals surface area contributed by atoms with Crippen molar-refractivity contribution in [2.24, 2.45) is 0 Å². The largest absolute Gasteiger partial charge is 0.393 e. The Hall–Kier alpha value is -2.08. The maximum absolute atomic E-state index is 6.17. The lowest BCUT2D eigenvalue weighted by Crippen LogP contribution is -2.21. The summed E-state index contributed by atoms with van der Waals surface area (Å²) in [6, 6.07) is 3.62. The average Bonchev–Trinajstić information content (AvgIpc) is 2.97. The van der Waals surface area contributed by atoms with Crippen LogP contribution in [0.4, 0.5) is 23.0 Å². The summed E-state index contributed by atoms with van der Waals surface area (Å²) in [6.07, 6.45) is 5.48. The Balaban J connectivity index is 1.90. The van der Waals surface area contributed by atoms with Gasteiger partial charge in [0.15, 0.2) is 16.8 Å². The van der Waals surface area contributed by atoms with Crippen molar-refractivity contribution in [1.29, 1.82) is 0 Å².